The number of hydrogen-bond donors (Lipinski definition) is 3. The van der Waals surface area contributed by atoms with Gasteiger partial charge in [0, 0.05) is 25.3 Å². The summed E-state index contributed by atoms with van der Waals surface area (Å²) in [6, 6.07) is 7.53. The minimum absolute atomic E-state index is 0.0270. The number of benzene rings is 1. The van der Waals surface area contributed by atoms with Crippen molar-refractivity contribution in [1.29, 1.82) is 0 Å². The van der Waals surface area contributed by atoms with Crippen molar-refractivity contribution >= 4 is 15.9 Å². The fourth-order valence-electron chi connectivity index (χ4n) is 3.78. The van der Waals surface area contributed by atoms with Crippen molar-refractivity contribution in [2.75, 3.05) is 26.7 Å². The van der Waals surface area contributed by atoms with Crippen LogP contribution in [0.5, 0.6) is 5.75 Å². The molecule has 1 aromatic carbocycles. The van der Waals surface area contributed by atoms with Gasteiger partial charge in [-0.05, 0) is 37.8 Å². The first-order chi connectivity index (χ1) is 14.7. The number of piperidine rings is 1. The summed E-state index contributed by atoms with van der Waals surface area (Å²) in [5.74, 6) is -0.0154. The number of ether oxygens (including phenoxy) is 1. The van der Waals surface area contributed by atoms with E-state index >= 15 is 0 Å². The molecular weight excluding hydrogens is 424 g/mol. The first-order valence-electron chi connectivity index (χ1n) is 9.97. The highest BCUT2D eigenvalue weighted by Gasteiger charge is 2.35. The molecular formula is C20H26N4O6S. The van der Waals surface area contributed by atoms with E-state index in [-0.39, 0.29) is 24.7 Å². The lowest BCUT2D eigenvalue weighted by Gasteiger charge is -2.31. The normalized spacial score (nSPS) is 17.3. The van der Waals surface area contributed by atoms with Gasteiger partial charge in [-0.15, -0.1) is 0 Å². The van der Waals surface area contributed by atoms with Gasteiger partial charge >= 0.3 is 5.69 Å². The molecule has 31 heavy (non-hydrogen) atoms. The zero-order valence-electron chi connectivity index (χ0n) is 17.4. The Morgan fingerprint density at radius 3 is 2.71 bits per heavy atom. The standard InChI is InChI=1S/C20H26N4O6S/c1-13-17(19(26)23-20(27)22-13)31(28,29)24-11-5-7-15(12-24)18(25)21-10-9-14-6-3-4-8-16(14)30-2/h3-4,6,8,15H,5,7,9-12H2,1-2H3,(H,21,25)(H2,22,23,26,27)/t15-/m0/s1. The number of aromatic amines is 2. The Morgan fingerprint density at radius 2 is 2.00 bits per heavy atom. The topological polar surface area (TPSA) is 141 Å². The van der Waals surface area contributed by atoms with Gasteiger partial charge < -0.3 is 15.0 Å². The summed E-state index contributed by atoms with van der Waals surface area (Å²) >= 11 is 0. The third-order valence-corrected chi connectivity index (χ3v) is 7.33. The van der Waals surface area contributed by atoms with Crippen molar-refractivity contribution in [3.05, 3.63) is 56.4 Å². The zero-order valence-corrected chi connectivity index (χ0v) is 18.3. The van der Waals surface area contributed by atoms with E-state index < -0.39 is 32.1 Å². The van der Waals surface area contributed by atoms with Gasteiger partial charge in [0.1, 0.15) is 5.75 Å². The molecule has 0 bridgehead atoms. The second-order valence-corrected chi connectivity index (χ2v) is 9.29. The van der Waals surface area contributed by atoms with Gasteiger partial charge in [-0.25, -0.2) is 13.2 Å². The largest absolute Gasteiger partial charge is 0.496 e. The molecule has 0 radical (unpaired) electrons. The summed E-state index contributed by atoms with van der Waals surface area (Å²) in [6.45, 7) is 1.92. The number of hydrogen-bond acceptors (Lipinski definition) is 6. The predicted octanol–water partition coefficient (Wildman–Crippen LogP) is 0.140. The lowest BCUT2D eigenvalue weighted by atomic mass is 9.98. The SMILES string of the molecule is COc1ccccc1CCNC(=O)[C@H]1CCCN(S(=O)(=O)c2c(C)[nH]c(=O)[nH]c2=O)C1. The van der Waals surface area contributed by atoms with Gasteiger partial charge in [0.15, 0.2) is 4.90 Å². The van der Waals surface area contributed by atoms with Crippen LogP contribution in [0.1, 0.15) is 24.1 Å². The summed E-state index contributed by atoms with van der Waals surface area (Å²) < 4.78 is 32.5. The van der Waals surface area contributed by atoms with Crippen LogP contribution in [-0.4, -0.2) is 55.3 Å². The lowest BCUT2D eigenvalue weighted by Crippen LogP contribution is -2.47. The smallest absolute Gasteiger partial charge is 0.325 e. The summed E-state index contributed by atoms with van der Waals surface area (Å²) in [7, 11) is -2.57. The fraction of sp³-hybridized carbons (Fsp3) is 0.450. The number of carbonyl (C=O) groups is 1. The molecule has 3 N–H and O–H groups in total. The number of H-pyrrole nitrogens is 2. The lowest BCUT2D eigenvalue weighted by molar-refractivity contribution is -0.126. The predicted molar refractivity (Wildman–Crippen MR) is 114 cm³/mol. The Labute approximate surface area is 179 Å². The number of aromatic nitrogens is 2. The number of para-hydroxylation sites is 1. The average Bonchev–Trinajstić information content (AvgIpc) is 2.73. The third kappa shape index (κ3) is 5.05. The van der Waals surface area contributed by atoms with Crippen LogP contribution in [0, 0.1) is 12.8 Å². The summed E-state index contributed by atoms with van der Waals surface area (Å²) in [5.41, 5.74) is -0.805. The van der Waals surface area contributed by atoms with Crippen LogP contribution >= 0.6 is 0 Å². The van der Waals surface area contributed by atoms with E-state index in [0.717, 1.165) is 15.6 Å². The molecule has 168 valence electrons. The van der Waals surface area contributed by atoms with E-state index in [9.17, 15) is 22.8 Å². The summed E-state index contributed by atoms with van der Waals surface area (Å²) in [6.07, 6.45) is 1.62. The quantitative estimate of drug-likeness (QED) is 0.548. The molecule has 1 atom stereocenters. The molecule has 1 aliphatic rings. The van der Waals surface area contributed by atoms with E-state index in [4.69, 9.17) is 4.74 Å². The van der Waals surface area contributed by atoms with Gasteiger partial charge in [-0.2, -0.15) is 4.31 Å². The van der Waals surface area contributed by atoms with Crippen LogP contribution in [0.15, 0.2) is 38.8 Å². The van der Waals surface area contributed by atoms with Crippen molar-refractivity contribution < 1.29 is 17.9 Å². The molecule has 1 fully saturated rings. The Morgan fingerprint density at radius 1 is 1.26 bits per heavy atom. The van der Waals surface area contributed by atoms with E-state index in [1.54, 1.807) is 7.11 Å². The van der Waals surface area contributed by atoms with E-state index in [0.29, 0.717) is 25.8 Å². The van der Waals surface area contributed by atoms with Gasteiger partial charge in [-0.1, -0.05) is 18.2 Å². The molecule has 0 spiro atoms. The highest BCUT2D eigenvalue weighted by atomic mass is 32.2. The van der Waals surface area contributed by atoms with Crippen molar-refractivity contribution in [2.24, 2.45) is 5.92 Å². The maximum atomic E-state index is 13.0. The highest BCUT2D eigenvalue weighted by molar-refractivity contribution is 7.89. The molecule has 2 heterocycles. The number of methoxy groups -OCH3 is 1. The van der Waals surface area contributed by atoms with Crippen molar-refractivity contribution in [3.8, 4) is 5.75 Å². The summed E-state index contributed by atoms with van der Waals surface area (Å²) in [4.78, 5) is 39.9. The van der Waals surface area contributed by atoms with Gasteiger partial charge in [0.05, 0.1) is 13.0 Å². The first kappa shape index (κ1) is 22.8. The molecule has 2 aromatic rings. The van der Waals surface area contributed by atoms with Crippen molar-refractivity contribution in [2.45, 2.75) is 31.1 Å². The number of nitrogens with one attached hydrogen (secondary N) is 3. The molecule has 11 heteroatoms. The molecule has 1 aromatic heterocycles. The van der Waals surface area contributed by atoms with Crippen LogP contribution in [0.25, 0.3) is 0 Å². The Balaban J connectivity index is 1.67. The van der Waals surface area contributed by atoms with Crippen LogP contribution in [0.2, 0.25) is 0 Å². The number of amides is 1. The molecule has 3 rings (SSSR count). The monoisotopic (exact) mass is 450 g/mol. The molecule has 1 saturated heterocycles. The Hall–Kier alpha value is -2.92. The van der Waals surface area contributed by atoms with E-state index in [2.05, 4.69) is 10.3 Å². The minimum Gasteiger partial charge on any atom is -0.496 e. The maximum absolute atomic E-state index is 13.0. The van der Waals surface area contributed by atoms with Gasteiger partial charge in [0.25, 0.3) is 5.56 Å². The molecule has 0 unspecified atom stereocenters. The van der Waals surface area contributed by atoms with E-state index in [1.807, 2.05) is 29.2 Å². The molecule has 1 amide bonds. The van der Waals surface area contributed by atoms with Crippen molar-refractivity contribution in [3.63, 3.8) is 0 Å². The van der Waals surface area contributed by atoms with Crippen LogP contribution in [0.4, 0.5) is 0 Å². The average molecular weight is 451 g/mol. The molecule has 1 aliphatic heterocycles. The molecule has 10 nitrogen and oxygen atoms in total. The molecule has 0 aliphatic carbocycles. The fourth-order valence-corrected chi connectivity index (χ4v) is 5.50. The van der Waals surface area contributed by atoms with Gasteiger partial charge in [0.2, 0.25) is 15.9 Å². The number of sulfonamides is 1. The first-order valence-corrected chi connectivity index (χ1v) is 11.4. The molecule has 0 saturated carbocycles. The second-order valence-electron chi connectivity index (χ2n) is 7.42. The Kier molecular flexibility index (Phi) is 6.96. The summed E-state index contributed by atoms with van der Waals surface area (Å²) in [5, 5.41) is 2.86. The van der Waals surface area contributed by atoms with Crippen LogP contribution in [-0.2, 0) is 21.2 Å². The Bertz CT molecular complexity index is 1170. The highest BCUT2D eigenvalue weighted by Crippen LogP contribution is 2.23. The maximum Gasteiger partial charge on any atom is 0.325 e. The minimum atomic E-state index is -4.16. The number of rotatable bonds is 7. The number of aryl methyl sites for hydroxylation is 1. The number of carbonyl (C=O) groups excluding carboxylic acids is 1. The van der Waals surface area contributed by atoms with Crippen molar-refractivity contribution in [1.82, 2.24) is 19.6 Å². The van der Waals surface area contributed by atoms with Crippen LogP contribution in [0.3, 0.4) is 0 Å². The number of nitrogens with zero attached hydrogens (tertiary/aromatic N) is 1. The third-order valence-electron chi connectivity index (χ3n) is 5.31. The zero-order chi connectivity index (χ0) is 22.6. The van der Waals surface area contributed by atoms with E-state index in [1.165, 1.54) is 6.92 Å². The van der Waals surface area contributed by atoms with Gasteiger partial charge in [-0.3, -0.25) is 14.6 Å². The van der Waals surface area contributed by atoms with Crippen LogP contribution < -0.4 is 21.3 Å². The second kappa shape index (κ2) is 9.48.